The van der Waals surface area contributed by atoms with Gasteiger partial charge in [0.25, 0.3) is 0 Å². The average Bonchev–Trinajstić information content (AvgIpc) is 1.76. The minimum Gasteiger partial charge on any atom is -0.385 e. The Balaban J connectivity index is 3.66. The van der Waals surface area contributed by atoms with Crippen LogP contribution in [-0.4, -0.2) is 11.1 Å². The van der Waals surface area contributed by atoms with Crippen LogP contribution in [0.4, 0.5) is 0 Å². The molecule has 0 aliphatic rings. The molecule has 0 aliphatic carbocycles. The lowest BCUT2D eigenvalue weighted by atomic mass is 10.1. The zero-order valence-corrected chi connectivity index (χ0v) is 9.15. The molecule has 0 rings (SSSR count). The zero-order valence-electron chi connectivity index (χ0n) is 9.15. The molecule has 0 aliphatic heterocycles. The molecular formula is C10H22N2. The van der Waals surface area contributed by atoms with E-state index in [1.165, 1.54) is 0 Å². The maximum absolute atomic E-state index is 3.25. The van der Waals surface area contributed by atoms with Crippen LogP contribution in [0.1, 0.15) is 41.5 Å². The summed E-state index contributed by atoms with van der Waals surface area (Å²) in [6, 6.07) is 0. The summed E-state index contributed by atoms with van der Waals surface area (Å²) in [5, 5.41) is 6.50. The van der Waals surface area contributed by atoms with Gasteiger partial charge in [0.15, 0.2) is 0 Å². The van der Waals surface area contributed by atoms with Gasteiger partial charge in [-0.2, -0.15) is 0 Å². The quantitative estimate of drug-likeness (QED) is 0.664. The SMILES string of the molecule is CC(C)(C)N/C=C/NC(C)(C)C. The van der Waals surface area contributed by atoms with Gasteiger partial charge in [0, 0.05) is 23.5 Å². The van der Waals surface area contributed by atoms with E-state index in [0.717, 1.165) is 0 Å². The van der Waals surface area contributed by atoms with Crippen LogP contribution in [0.5, 0.6) is 0 Å². The van der Waals surface area contributed by atoms with E-state index in [9.17, 15) is 0 Å². The van der Waals surface area contributed by atoms with E-state index in [4.69, 9.17) is 0 Å². The molecule has 0 atom stereocenters. The van der Waals surface area contributed by atoms with Crippen molar-refractivity contribution in [2.24, 2.45) is 0 Å². The van der Waals surface area contributed by atoms with Gasteiger partial charge in [-0.3, -0.25) is 0 Å². The van der Waals surface area contributed by atoms with Crippen LogP contribution in [0.3, 0.4) is 0 Å². The van der Waals surface area contributed by atoms with Crippen LogP contribution in [-0.2, 0) is 0 Å². The lowest BCUT2D eigenvalue weighted by molar-refractivity contribution is 0.471. The molecule has 0 radical (unpaired) electrons. The van der Waals surface area contributed by atoms with E-state index < -0.39 is 0 Å². The van der Waals surface area contributed by atoms with Crippen LogP contribution in [0.2, 0.25) is 0 Å². The highest BCUT2D eigenvalue weighted by Crippen LogP contribution is 1.99. The van der Waals surface area contributed by atoms with Crippen LogP contribution in [0.15, 0.2) is 12.4 Å². The summed E-state index contributed by atoms with van der Waals surface area (Å²) in [6.07, 6.45) is 3.90. The van der Waals surface area contributed by atoms with Crippen LogP contribution < -0.4 is 10.6 Å². The Morgan fingerprint density at radius 1 is 0.667 bits per heavy atom. The molecule has 2 nitrogen and oxygen atoms in total. The van der Waals surface area contributed by atoms with Gasteiger partial charge in [0.05, 0.1) is 0 Å². The fraction of sp³-hybridized carbons (Fsp3) is 0.800. The molecule has 0 unspecified atom stereocenters. The van der Waals surface area contributed by atoms with Crippen LogP contribution >= 0.6 is 0 Å². The van der Waals surface area contributed by atoms with E-state index in [2.05, 4.69) is 52.2 Å². The van der Waals surface area contributed by atoms with Crippen LogP contribution in [0.25, 0.3) is 0 Å². The van der Waals surface area contributed by atoms with Crippen molar-refractivity contribution < 1.29 is 0 Å². The zero-order chi connectivity index (χ0) is 9.83. The smallest absolute Gasteiger partial charge is 0.0284 e. The molecule has 0 amide bonds. The highest BCUT2D eigenvalue weighted by atomic mass is 15.0. The molecule has 0 saturated heterocycles. The van der Waals surface area contributed by atoms with E-state index in [1.807, 2.05) is 12.4 Å². The maximum Gasteiger partial charge on any atom is 0.0284 e. The van der Waals surface area contributed by atoms with Gasteiger partial charge in [0.2, 0.25) is 0 Å². The lowest BCUT2D eigenvalue weighted by Crippen LogP contribution is -2.34. The Bertz CT molecular complexity index is 128. The van der Waals surface area contributed by atoms with Gasteiger partial charge in [-0.05, 0) is 41.5 Å². The van der Waals surface area contributed by atoms with Crippen molar-refractivity contribution in [2.75, 3.05) is 0 Å². The molecule has 0 aromatic heterocycles. The van der Waals surface area contributed by atoms with Crippen molar-refractivity contribution in [1.82, 2.24) is 10.6 Å². The molecule has 0 bridgehead atoms. The average molecular weight is 170 g/mol. The second-order valence-corrected chi connectivity index (χ2v) is 5.12. The second kappa shape index (κ2) is 3.83. The summed E-state index contributed by atoms with van der Waals surface area (Å²) in [5.74, 6) is 0. The van der Waals surface area contributed by atoms with Crippen molar-refractivity contribution in [3.05, 3.63) is 12.4 Å². The lowest BCUT2D eigenvalue weighted by Gasteiger charge is -2.21. The predicted molar refractivity (Wildman–Crippen MR) is 54.9 cm³/mol. The van der Waals surface area contributed by atoms with Gasteiger partial charge in [-0.15, -0.1) is 0 Å². The van der Waals surface area contributed by atoms with Crippen LogP contribution in [0, 0.1) is 0 Å². The molecule has 0 aromatic rings. The number of hydrogen-bond acceptors (Lipinski definition) is 2. The Hall–Kier alpha value is -0.660. The highest BCUT2D eigenvalue weighted by molar-refractivity contribution is 4.87. The van der Waals surface area contributed by atoms with Gasteiger partial charge in [0.1, 0.15) is 0 Å². The Morgan fingerprint density at radius 3 is 1.08 bits per heavy atom. The first-order chi connectivity index (χ1) is 5.21. The summed E-state index contributed by atoms with van der Waals surface area (Å²) in [4.78, 5) is 0. The number of hydrogen-bond donors (Lipinski definition) is 2. The molecular weight excluding hydrogens is 148 g/mol. The standard InChI is InChI=1S/C10H22N2/c1-9(2,3)11-7-8-12-10(4,5)6/h7-8,11-12H,1-6H3/b8-7+. The first kappa shape index (κ1) is 11.3. The van der Waals surface area contributed by atoms with Gasteiger partial charge < -0.3 is 10.6 Å². The first-order valence-corrected chi connectivity index (χ1v) is 4.41. The third kappa shape index (κ3) is 9.34. The van der Waals surface area contributed by atoms with Crippen molar-refractivity contribution >= 4 is 0 Å². The van der Waals surface area contributed by atoms with E-state index in [1.54, 1.807) is 0 Å². The summed E-state index contributed by atoms with van der Waals surface area (Å²) in [6.45, 7) is 12.8. The molecule has 0 aromatic carbocycles. The minimum absolute atomic E-state index is 0.149. The fourth-order valence-corrected chi connectivity index (χ4v) is 0.583. The van der Waals surface area contributed by atoms with Crippen molar-refractivity contribution in [3.8, 4) is 0 Å². The van der Waals surface area contributed by atoms with E-state index in [-0.39, 0.29) is 11.1 Å². The molecule has 0 heterocycles. The normalized spacial score (nSPS) is 13.5. The largest absolute Gasteiger partial charge is 0.385 e. The molecule has 0 spiro atoms. The number of rotatable bonds is 2. The summed E-state index contributed by atoms with van der Waals surface area (Å²) in [7, 11) is 0. The van der Waals surface area contributed by atoms with Crippen molar-refractivity contribution in [2.45, 2.75) is 52.6 Å². The minimum atomic E-state index is 0.149. The van der Waals surface area contributed by atoms with Gasteiger partial charge in [-0.25, -0.2) is 0 Å². The summed E-state index contributed by atoms with van der Waals surface area (Å²) in [5.41, 5.74) is 0.298. The molecule has 2 heteroatoms. The molecule has 2 N–H and O–H groups in total. The van der Waals surface area contributed by atoms with E-state index in [0.29, 0.717) is 0 Å². The van der Waals surface area contributed by atoms with Crippen molar-refractivity contribution in [3.63, 3.8) is 0 Å². The molecule has 0 saturated carbocycles. The number of nitrogens with one attached hydrogen (secondary N) is 2. The third-order valence-corrected chi connectivity index (χ3v) is 1.12. The Kier molecular flexibility index (Phi) is 3.62. The fourth-order valence-electron chi connectivity index (χ4n) is 0.583. The van der Waals surface area contributed by atoms with Gasteiger partial charge in [-0.1, -0.05) is 0 Å². The molecule has 0 fully saturated rings. The summed E-state index contributed by atoms with van der Waals surface area (Å²) < 4.78 is 0. The maximum atomic E-state index is 3.25. The van der Waals surface area contributed by atoms with E-state index >= 15 is 0 Å². The molecule has 72 valence electrons. The second-order valence-electron chi connectivity index (χ2n) is 5.12. The predicted octanol–water partition coefficient (Wildman–Crippen LogP) is 2.23. The topological polar surface area (TPSA) is 24.1 Å². The Labute approximate surface area is 76.4 Å². The monoisotopic (exact) mass is 170 g/mol. The summed E-state index contributed by atoms with van der Waals surface area (Å²) >= 11 is 0. The van der Waals surface area contributed by atoms with Gasteiger partial charge >= 0.3 is 0 Å². The third-order valence-electron chi connectivity index (χ3n) is 1.12. The first-order valence-electron chi connectivity index (χ1n) is 4.41. The van der Waals surface area contributed by atoms with Crippen molar-refractivity contribution in [1.29, 1.82) is 0 Å². The highest BCUT2D eigenvalue weighted by Gasteiger charge is 2.06. The molecule has 12 heavy (non-hydrogen) atoms. The Morgan fingerprint density at radius 2 is 0.917 bits per heavy atom.